The summed E-state index contributed by atoms with van der Waals surface area (Å²) in [4.78, 5) is 25.5. The van der Waals surface area contributed by atoms with Gasteiger partial charge in [-0.3, -0.25) is 0 Å². The second kappa shape index (κ2) is 6.84. The van der Waals surface area contributed by atoms with Crippen molar-refractivity contribution in [3.63, 3.8) is 0 Å². The average Bonchev–Trinajstić information content (AvgIpc) is 3.46. The summed E-state index contributed by atoms with van der Waals surface area (Å²) in [5.41, 5.74) is 0.679. The fourth-order valence-electron chi connectivity index (χ4n) is 3.58. The van der Waals surface area contributed by atoms with E-state index < -0.39 is 11.6 Å². The number of aryl methyl sites for hydroxylation is 2. The maximum absolute atomic E-state index is 13.0. The minimum absolute atomic E-state index is 0.0391. The number of fused-ring (bicyclic) bond motifs is 1. The van der Waals surface area contributed by atoms with Crippen LogP contribution in [0.15, 0.2) is 65.5 Å². The number of benzene rings is 1. The summed E-state index contributed by atoms with van der Waals surface area (Å²) in [5.74, 6) is -1.18. The van der Waals surface area contributed by atoms with Gasteiger partial charge in [0.1, 0.15) is 18.1 Å². The summed E-state index contributed by atoms with van der Waals surface area (Å²) in [5, 5.41) is 18.5. The Balaban J connectivity index is 1.94. The molecule has 0 amide bonds. The van der Waals surface area contributed by atoms with Crippen molar-refractivity contribution in [3.8, 4) is 33.8 Å². The predicted octanol–water partition coefficient (Wildman–Crippen LogP) is 4.68. The van der Waals surface area contributed by atoms with Gasteiger partial charge < -0.3 is 23.0 Å². The fourth-order valence-corrected chi connectivity index (χ4v) is 3.58. The van der Waals surface area contributed by atoms with Gasteiger partial charge in [0.25, 0.3) is 0 Å². The van der Waals surface area contributed by atoms with Gasteiger partial charge in [-0.2, -0.15) is 0 Å². The first-order valence-corrected chi connectivity index (χ1v) is 9.21. The number of carboxylic acids is 1. The summed E-state index contributed by atoms with van der Waals surface area (Å²) in [6, 6.07) is 8.91. The molecule has 0 fully saturated rings. The monoisotopic (exact) mass is 418 g/mol. The molecule has 1 aromatic carbocycles. The number of carbonyl (C=O) groups is 1. The SMILES string of the molecule is Cc1nocc1-c1c(-c2cc3ccccc3o2)oc(=O)c(-c2conc2C)c1C(=O)O. The quantitative estimate of drug-likeness (QED) is 0.441. The molecule has 31 heavy (non-hydrogen) atoms. The molecule has 4 aromatic heterocycles. The summed E-state index contributed by atoms with van der Waals surface area (Å²) in [7, 11) is 0. The van der Waals surface area contributed by atoms with E-state index in [1.165, 1.54) is 12.5 Å². The lowest BCUT2D eigenvalue weighted by atomic mass is 9.92. The van der Waals surface area contributed by atoms with Crippen LogP contribution in [0.2, 0.25) is 0 Å². The number of nitrogens with zero attached hydrogens (tertiary/aromatic N) is 2. The van der Waals surface area contributed by atoms with Crippen molar-refractivity contribution in [3.05, 3.63) is 70.2 Å². The first kappa shape index (κ1) is 18.6. The van der Waals surface area contributed by atoms with E-state index >= 15 is 0 Å². The van der Waals surface area contributed by atoms with Gasteiger partial charge in [0.2, 0.25) is 0 Å². The Labute approximate surface area is 173 Å². The van der Waals surface area contributed by atoms with Crippen LogP contribution < -0.4 is 5.63 Å². The maximum atomic E-state index is 13.0. The van der Waals surface area contributed by atoms with E-state index in [1.54, 1.807) is 32.0 Å². The van der Waals surface area contributed by atoms with E-state index in [1.807, 2.05) is 12.1 Å². The molecule has 9 nitrogen and oxygen atoms in total. The molecule has 0 saturated heterocycles. The Kier molecular flexibility index (Phi) is 4.11. The highest BCUT2D eigenvalue weighted by Crippen LogP contribution is 2.41. The van der Waals surface area contributed by atoms with Gasteiger partial charge in [-0.15, -0.1) is 0 Å². The molecule has 1 N–H and O–H groups in total. The molecular weight excluding hydrogens is 404 g/mol. The molecule has 0 bridgehead atoms. The number of hydrogen-bond acceptors (Lipinski definition) is 8. The minimum atomic E-state index is -1.34. The molecule has 0 spiro atoms. The Hall–Kier alpha value is -4.40. The molecule has 0 saturated carbocycles. The standard InChI is InChI=1S/C22H14N2O7/c1-10-13(8-28-23-10)17-19(21(25)26)18(14-9-29-24-11(14)2)22(27)31-20(17)16-7-12-5-3-4-6-15(12)30-16/h3-9H,1-2H3,(H,25,26). The second-order valence-electron chi connectivity index (χ2n) is 6.92. The lowest BCUT2D eigenvalue weighted by Crippen LogP contribution is -2.15. The van der Waals surface area contributed by atoms with Crippen molar-refractivity contribution in [2.24, 2.45) is 0 Å². The van der Waals surface area contributed by atoms with Crippen molar-refractivity contribution in [1.29, 1.82) is 0 Å². The number of carboxylic acid groups (broad SMARTS) is 1. The highest BCUT2D eigenvalue weighted by Gasteiger charge is 2.32. The second-order valence-corrected chi connectivity index (χ2v) is 6.92. The third kappa shape index (κ3) is 2.86. The highest BCUT2D eigenvalue weighted by molar-refractivity contribution is 6.06. The maximum Gasteiger partial charge on any atom is 0.345 e. The van der Waals surface area contributed by atoms with Gasteiger partial charge in [0, 0.05) is 16.5 Å². The zero-order valence-corrected chi connectivity index (χ0v) is 16.3. The molecular formula is C22H14N2O7. The van der Waals surface area contributed by atoms with Gasteiger partial charge in [-0.1, -0.05) is 28.5 Å². The zero-order chi connectivity index (χ0) is 21.7. The van der Waals surface area contributed by atoms with Crippen LogP contribution in [0.1, 0.15) is 21.7 Å². The molecule has 0 radical (unpaired) electrons. The van der Waals surface area contributed by atoms with Gasteiger partial charge in [-0.05, 0) is 26.0 Å². The van der Waals surface area contributed by atoms with Gasteiger partial charge >= 0.3 is 11.6 Å². The van der Waals surface area contributed by atoms with Crippen LogP contribution in [-0.2, 0) is 0 Å². The summed E-state index contributed by atoms with van der Waals surface area (Å²) in [6.45, 7) is 3.25. The van der Waals surface area contributed by atoms with Crippen LogP contribution in [0.3, 0.4) is 0 Å². The first-order valence-electron chi connectivity index (χ1n) is 9.21. The number of aromatic carboxylic acids is 1. The van der Waals surface area contributed by atoms with Crippen LogP contribution in [0.25, 0.3) is 44.7 Å². The number of rotatable bonds is 4. The van der Waals surface area contributed by atoms with Crippen LogP contribution in [-0.4, -0.2) is 21.4 Å². The molecule has 4 heterocycles. The lowest BCUT2D eigenvalue weighted by molar-refractivity contribution is 0.0697. The Bertz CT molecular complexity index is 1480. The fraction of sp³-hybridized carbons (Fsp3) is 0.0909. The number of hydrogen-bond donors (Lipinski definition) is 1. The smallest absolute Gasteiger partial charge is 0.345 e. The van der Waals surface area contributed by atoms with E-state index in [-0.39, 0.29) is 33.8 Å². The molecule has 5 aromatic rings. The number of para-hydroxylation sites is 1. The van der Waals surface area contributed by atoms with Crippen molar-refractivity contribution >= 4 is 16.9 Å². The molecule has 154 valence electrons. The highest BCUT2D eigenvalue weighted by atomic mass is 16.5. The van der Waals surface area contributed by atoms with Crippen LogP contribution >= 0.6 is 0 Å². The van der Waals surface area contributed by atoms with E-state index in [4.69, 9.17) is 17.9 Å². The van der Waals surface area contributed by atoms with E-state index in [2.05, 4.69) is 10.3 Å². The number of aromatic nitrogens is 2. The molecule has 0 atom stereocenters. The van der Waals surface area contributed by atoms with Crippen LogP contribution in [0.4, 0.5) is 0 Å². The zero-order valence-electron chi connectivity index (χ0n) is 16.3. The third-order valence-corrected chi connectivity index (χ3v) is 5.03. The summed E-state index contributed by atoms with van der Waals surface area (Å²) >= 11 is 0. The predicted molar refractivity (Wildman–Crippen MR) is 108 cm³/mol. The van der Waals surface area contributed by atoms with E-state index in [0.717, 1.165) is 5.39 Å². The minimum Gasteiger partial charge on any atom is -0.478 e. The molecule has 0 aliphatic carbocycles. The Morgan fingerprint density at radius 2 is 1.58 bits per heavy atom. The van der Waals surface area contributed by atoms with Crippen LogP contribution in [0.5, 0.6) is 0 Å². The topological polar surface area (TPSA) is 133 Å². The largest absolute Gasteiger partial charge is 0.478 e. The van der Waals surface area contributed by atoms with Gasteiger partial charge in [0.15, 0.2) is 11.5 Å². The average molecular weight is 418 g/mol. The molecule has 9 heteroatoms. The van der Waals surface area contributed by atoms with Crippen molar-refractivity contribution < 1.29 is 27.8 Å². The summed E-state index contributed by atoms with van der Waals surface area (Å²) in [6.07, 6.45) is 2.51. The number of furan rings is 1. The summed E-state index contributed by atoms with van der Waals surface area (Å²) < 4.78 is 21.5. The van der Waals surface area contributed by atoms with E-state index in [9.17, 15) is 14.7 Å². The first-order chi connectivity index (χ1) is 15.0. The van der Waals surface area contributed by atoms with Gasteiger partial charge in [0.05, 0.1) is 28.1 Å². The molecule has 5 rings (SSSR count). The van der Waals surface area contributed by atoms with Crippen molar-refractivity contribution in [1.82, 2.24) is 10.3 Å². The van der Waals surface area contributed by atoms with Crippen molar-refractivity contribution in [2.45, 2.75) is 13.8 Å². The van der Waals surface area contributed by atoms with Crippen molar-refractivity contribution in [2.75, 3.05) is 0 Å². The Morgan fingerprint density at radius 1 is 0.935 bits per heavy atom. The molecule has 0 aliphatic rings. The molecule has 0 unspecified atom stereocenters. The lowest BCUT2D eigenvalue weighted by Gasteiger charge is -2.12. The van der Waals surface area contributed by atoms with Crippen LogP contribution in [0, 0.1) is 13.8 Å². The normalized spacial score (nSPS) is 11.3. The third-order valence-electron chi connectivity index (χ3n) is 5.03. The Morgan fingerprint density at radius 3 is 2.16 bits per heavy atom. The molecule has 0 aliphatic heterocycles. The van der Waals surface area contributed by atoms with E-state index in [0.29, 0.717) is 22.5 Å². The van der Waals surface area contributed by atoms with Gasteiger partial charge in [-0.25, -0.2) is 9.59 Å².